The van der Waals surface area contributed by atoms with Crippen molar-refractivity contribution in [3.63, 3.8) is 0 Å². The maximum Gasteiger partial charge on any atom is 0.310 e. The van der Waals surface area contributed by atoms with Gasteiger partial charge in [0.2, 0.25) is 0 Å². The minimum atomic E-state index is -0.536. The van der Waals surface area contributed by atoms with Gasteiger partial charge in [-0.15, -0.1) is 0 Å². The zero-order chi connectivity index (χ0) is 17.6. The van der Waals surface area contributed by atoms with Crippen LogP contribution in [0.25, 0.3) is 0 Å². The molecule has 0 amide bonds. The third-order valence-electron chi connectivity index (χ3n) is 4.30. The zero-order valence-corrected chi connectivity index (χ0v) is 14.9. The Labute approximate surface area is 144 Å². The van der Waals surface area contributed by atoms with Gasteiger partial charge in [-0.1, -0.05) is 43.2 Å². The highest BCUT2D eigenvalue weighted by Crippen LogP contribution is 2.34. The predicted octanol–water partition coefficient (Wildman–Crippen LogP) is 4.27. The second-order valence-corrected chi connectivity index (χ2v) is 7.53. The van der Waals surface area contributed by atoms with Crippen molar-refractivity contribution in [2.45, 2.75) is 65.1 Å². The average molecular weight is 332 g/mol. The largest absolute Gasteiger partial charge is 0.461 e. The number of rotatable bonds is 6. The molecule has 132 valence electrons. The highest BCUT2D eigenvalue weighted by atomic mass is 16.6. The highest BCUT2D eigenvalue weighted by molar-refractivity contribution is 5.80. The summed E-state index contributed by atoms with van der Waals surface area (Å²) >= 11 is 0. The van der Waals surface area contributed by atoms with E-state index in [-0.39, 0.29) is 30.9 Å². The fourth-order valence-corrected chi connectivity index (χ4v) is 3.20. The first-order valence-electron chi connectivity index (χ1n) is 8.77. The Morgan fingerprint density at radius 2 is 1.75 bits per heavy atom. The molecule has 0 aliphatic heterocycles. The SMILES string of the molecule is CC(C)(C)OC(=O)C[C@@H](C(=O)OCc1ccccc1)C1CCCC1. The standard InChI is InChI=1S/C20H28O4/c1-20(2,3)24-18(21)13-17(16-11-7-8-12-16)19(22)23-14-15-9-5-4-6-10-15/h4-6,9-10,16-17H,7-8,11-14H2,1-3H3/t17-/m1/s1. The summed E-state index contributed by atoms with van der Waals surface area (Å²) in [6.07, 6.45) is 4.29. The molecule has 0 bridgehead atoms. The lowest BCUT2D eigenvalue weighted by Gasteiger charge is -2.24. The smallest absolute Gasteiger partial charge is 0.310 e. The quantitative estimate of drug-likeness (QED) is 0.730. The van der Waals surface area contributed by atoms with E-state index in [4.69, 9.17) is 9.47 Å². The van der Waals surface area contributed by atoms with Crippen molar-refractivity contribution < 1.29 is 19.1 Å². The van der Waals surface area contributed by atoms with Gasteiger partial charge in [-0.25, -0.2) is 0 Å². The molecule has 4 heteroatoms. The first-order valence-corrected chi connectivity index (χ1v) is 8.77. The number of ether oxygens (including phenoxy) is 2. The first kappa shape index (κ1) is 18.5. The summed E-state index contributed by atoms with van der Waals surface area (Å²) in [7, 11) is 0. The maximum atomic E-state index is 12.6. The molecule has 1 aromatic carbocycles. The summed E-state index contributed by atoms with van der Waals surface area (Å²) in [5.41, 5.74) is 0.416. The van der Waals surface area contributed by atoms with Crippen molar-refractivity contribution in [2.24, 2.45) is 11.8 Å². The van der Waals surface area contributed by atoms with Crippen LogP contribution in [0.4, 0.5) is 0 Å². The third kappa shape index (κ3) is 5.99. The lowest BCUT2D eigenvalue weighted by molar-refractivity contribution is -0.163. The van der Waals surface area contributed by atoms with Crippen molar-refractivity contribution in [3.8, 4) is 0 Å². The van der Waals surface area contributed by atoms with Crippen LogP contribution in [-0.4, -0.2) is 17.5 Å². The molecule has 0 aromatic heterocycles. The van der Waals surface area contributed by atoms with Gasteiger partial charge in [0.1, 0.15) is 12.2 Å². The normalized spacial score (nSPS) is 16.6. The molecule has 1 saturated carbocycles. The van der Waals surface area contributed by atoms with E-state index in [0.717, 1.165) is 31.2 Å². The van der Waals surface area contributed by atoms with Crippen LogP contribution in [0.2, 0.25) is 0 Å². The van der Waals surface area contributed by atoms with Gasteiger partial charge in [-0.05, 0) is 45.1 Å². The summed E-state index contributed by atoms with van der Waals surface area (Å²) in [5.74, 6) is -0.778. The topological polar surface area (TPSA) is 52.6 Å². The summed E-state index contributed by atoms with van der Waals surface area (Å²) in [5, 5.41) is 0. The molecule has 0 radical (unpaired) electrons. The maximum absolute atomic E-state index is 12.6. The van der Waals surface area contributed by atoms with Gasteiger partial charge < -0.3 is 9.47 Å². The fourth-order valence-electron chi connectivity index (χ4n) is 3.20. The molecule has 2 rings (SSSR count). The van der Waals surface area contributed by atoms with Crippen LogP contribution in [-0.2, 0) is 25.7 Å². The Hall–Kier alpha value is -1.84. The Morgan fingerprint density at radius 1 is 1.12 bits per heavy atom. The number of carbonyl (C=O) groups is 2. The van der Waals surface area contributed by atoms with Gasteiger partial charge in [0.15, 0.2) is 0 Å². The molecule has 0 spiro atoms. The number of carbonyl (C=O) groups excluding carboxylic acids is 2. The molecule has 0 saturated heterocycles. The van der Waals surface area contributed by atoms with Gasteiger partial charge in [0.25, 0.3) is 0 Å². The van der Waals surface area contributed by atoms with E-state index in [1.54, 1.807) is 0 Å². The van der Waals surface area contributed by atoms with E-state index in [1.165, 1.54) is 0 Å². The summed E-state index contributed by atoms with van der Waals surface area (Å²) in [6, 6.07) is 9.60. The molecule has 4 nitrogen and oxygen atoms in total. The van der Waals surface area contributed by atoms with Gasteiger partial charge in [-0.3, -0.25) is 9.59 Å². The van der Waals surface area contributed by atoms with E-state index in [1.807, 2.05) is 51.1 Å². The summed E-state index contributed by atoms with van der Waals surface area (Å²) in [4.78, 5) is 24.7. The third-order valence-corrected chi connectivity index (χ3v) is 4.30. The average Bonchev–Trinajstić information content (AvgIpc) is 3.03. The summed E-state index contributed by atoms with van der Waals surface area (Å²) < 4.78 is 10.9. The fraction of sp³-hybridized carbons (Fsp3) is 0.600. The van der Waals surface area contributed by atoms with Crippen molar-refractivity contribution >= 4 is 11.9 Å². The molecule has 0 heterocycles. The van der Waals surface area contributed by atoms with E-state index in [2.05, 4.69) is 0 Å². The molecule has 1 fully saturated rings. The minimum absolute atomic E-state index is 0.107. The monoisotopic (exact) mass is 332 g/mol. The number of hydrogen-bond acceptors (Lipinski definition) is 4. The zero-order valence-electron chi connectivity index (χ0n) is 14.9. The number of esters is 2. The molecular weight excluding hydrogens is 304 g/mol. The van der Waals surface area contributed by atoms with Gasteiger partial charge >= 0.3 is 11.9 Å². The Bertz CT molecular complexity index is 539. The molecule has 0 unspecified atom stereocenters. The van der Waals surface area contributed by atoms with E-state index in [9.17, 15) is 9.59 Å². The molecule has 24 heavy (non-hydrogen) atoms. The lowest BCUT2D eigenvalue weighted by atomic mass is 9.88. The van der Waals surface area contributed by atoms with E-state index >= 15 is 0 Å². The van der Waals surface area contributed by atoms with Crippen LogP contribution in [0.5, 0.6) is 0 Å². The van der Waals surface area contributed by atoms with E-state index < -0.39 is 11.5 Å². The molecule has 1 aliphatic carbocycles. The molecule has 1 atom stereocenters. The minimum Gasteiger partial charge on any atom is -0.461 e. The van der Waals surface area contributed by atoms with Crippen molar-refractivity contribution in [1.29, 1.82) is 0 Å². The lowest BCUT2D eigenvalue weighted by Crippen LogP contribution is -2.31. The molecule has 1 aromatic rings. The second kappa shape index (κ2) is 8.32. The van der Waals surface area contributed by atoms with Gasteiger partial charge in [-0.2, -0.15) is 0 Å². The van der Waals surface area contributed by atoms with Crippen LogP contribution in [0, 0.1) is 11.8 Å². The second-order valence-electron chi connectivity index (χ2n) is 7.53. The first-order chi connectivity index (χ1) is 11.3. The number of benzene rings is 1. The van der Waals surface area contributed by atoms with Crippen LogP contribution >= 0.6 is 0 Å². The number of hydrogen-bond donors (Lipinski definition) is 0. The Balaban J connectivity index is 1.96. The van der Waals surface area contributed by atoms with Gasteiger partial charge in [0, 0.05) is 0 Å². The van der Waals surface area contributed by atoms with Gasteiger partial charge in [0.05, 0.1) is 12.3 Å². The van der Waals surface area contributed by atoms with Crippen molar-refractivity contribution in [3.05, 3.63) is 35.9 Å². The predicted molar refractivity (Wildman–Crippen MR) is 92.1 cm³/mol. The van der Waals surface area contributed by atoms with Crippen molar-refractivity contribution in [2.75, 3.05) is 0 Å². The Kier molecular flexibility index (Phi) is 6.41. The van der Waals surface area contributed by atoms with Crippen LogP contribution < -0.4 is 0 Å². The Morgan fingerprint density at radius 3 is 2.33 bits per heavy atom. The molecular formula is C20H28O4. The van der Waals surface area contributed by atoms with Crippen LogP contribution in [0.1, 0.15) is 58.4 Å². The highest BCUT2D eigenvalue weighted by Gasteiger charge is 2.35. The van der Waals surface area contributed by atoms with Crippen LogP contribution in [0.3, 0.4) is 0 Å². The molecule has 1 aliphatic rings. The van der Waals surface area contributed by atoms with Crippen molar-refractivity contribution in [1.82, 2.24) is 0 Å². The van der Waals surface area contributed by atoms with Crippen LogP contribution in [0.15, 0.2) is 30.3 Å². The molecule has 0 N–H and O–H groups in total. The summed E-state index contributed by atoms with van der Waals surface area (Å²) in [6.45, 7) is 5.76. The van der Waals surface area contributed by atoms with E-state index in [0.29, 0.717) is 0 Å².